The number of urea groups is 1. The Morgan fingerprint density at radius 3 is 2.65 bits per heavy atom. The molecular formula is C20H25FN4O. The third-order valence-electron chi connectivity index (χ3n) is 4.82. The van der Waals surface area contributed by atoms with Crippen molar-refractivity contribution in [3.05, 3.63) is 65.7 Å². The Morgan fingerprint density at radius 2 is 1.96 bits per heavy atom. The zero-order valence-electron chi connectivity index (χ0n) is 15.1. The van der Waals surface area contributed by atoms with Gasteiger partial charge in [0.1, 0.15) is 5.82 Å². The van der Waals surface area contributed by atoms with E-state index in [2.05, 4.69) is 22.2 Å². The number of halogens is 1. The number of carbonyl (C=O) groups excluding carboxylic acids is 1. The first kappa shape index (κ1) is 18.3. The first-order valence-corrected chi connectivity index (χ1v) is 8.98. The summed E-state index contributed by atoms with van der Waals surface area (Å²) in [4.78, 5) is 21.1. The molecule has 0 bridgehead atoms. The molecule has 0 saturated carbocycles. The number of rotatable bonds is 5. The highest BCUT2D eigenvalue weighted by atomic mass is 19.1. The minimum atomic E-state index is -0.291. The van der Waals surface area contributed by atoms with Crippen molar-refractivity contribution in [2.75, 3.05) is 20.1 Å². The van der Waals surface area contributed by atoms with Crippen molar-refractivity contribution >= 4 is 6.03 Å². The molecule has 1 N–H and O–H groups in total. The highest BCUT2D eigenvalue weighted by Gasteiger charge is 2.27. The molecule has 1 saturated heterocycles. The van der Waals surface area contributed by atoms with E-state index < -0.39 is 0 Å². The summed E-state index contributed by atoms with van der Waals surface area (Å²) in [5.41, 5.74) is 1.81. The predicted octanol–water partition coefficient (Wildman–Crippen LogP) is 3.03. The minimum Gasteiger partial charge on any atom is -0.334 e. The fourth-order valence-corrected chi connectivity index (χ4v) is 3.28. The molecule has 0 atom stereocenters. The maximum atomic E-state index is 13.3. The van der Waals surface area contributed by atoms with E-state index in [0.29, 0.717) is 13.1 Å². The smallest absolute Gasteiger partial charge is 0.318 e. The van der Waals surface area contributed by atoms with Crippen LogP contribution in [0.4, 0.5) is 9.18 Å². The number of nitrogens with zero attached hydrogens (tertiary/aromatic N) is 3. The van der Waals surface area contributed by atoms with Gasteiger partial charge in [0.25, 0.3) is 0 Å². The number of hydrogen-bond acceptors (Lipinski definition) is 3. The molecule has 3 rings (SSSR count). The number of hydrogen-bond donors (Lipinski definition) is 1. The molecule has 5 nitrogen and oxygen atoms in total. The van der Waals surface area contributed by atoms with E-state index >= 15 is 0 Å². The molecule has 138 valence electrons. The lowest BCUT2D eigenvalue weighted by molar-refractivity contribution is 0.127. The molecule has 1 aliphatic heterocycles. The highest BCUT2D eigenvalue weighted by Crippen LogP contribution is 2.18. The number of carbonyl (C=O) groups is 1. The van der Waals surface area contributed by atoms with Crippen LogP contribution >= 0.6 is 0 Å². The van der Waals surface area contributed by atoms with E-state index in [1.807, 2.05) is 23.1 Å². The number of aromatic nitrogens is 1. The molecule has 0 spiro atoms. The first-order chi connectivity index (χ1) is 12.6. The van der Waals surface area contributed by atoms with Crippen molar-refractivity contribution in [3.8, 4) is 0 Å². The van der Waals surface area contributed by atoms with Crippen LogP contribution in [0.5, 0.6) is 0 Å². The van der Waals surface area contributed by atoms with Crippen LogP contribution in [0.2, 0.25) is 0 Å². The fourth-order valence-electron chi connectivity index (χ4n) is 3.28. The van der Waals surface area contributed by atoms with Crippen LogP contribution in [0.1, 0.15) is 24.0 Å². The monoisotopic (exact) mass is 356 g/mol. The topological polar surface area (TPSA) is 48.5 Å². The summed E-state index contributed by atoms with van der Waals surface area (Å²) in [5, 5.41) is 2.95. The Bertz CT molecular complexity index is 717. The van der Waals surface area contributed by atoms with Gasteiger partial charge in [-0.05, 0) is 68.4 Å². The molecule has 1 aliphatic rings. The van der Waals surface area contributed by atoms with E-state index in [4.69, 9.17) is 0 Å². The van der Waals surface area contributed by atoms with Gasteiger partial charge in [-0.1, -0.05) is 12.1 Å². The second-order valence-corrected chi connectivity index (χ2v) is 6.81. The van der Waals surface area contributed by atoms with Gasteiger partial charge in [0, 0.05) is 31.5 Å². The Labute approximate surface area is 153 Å². The van der Waals surface area contributed by atoms with Crippen molar-refractivity contribution in [1.82, 2.24) is 20.1 Å². The molecule has 2 heterocycles. The molecule has 0 radical (unpaired) electrons. The third kappa shape index (κ3) is 5.02. The van der Waals surface area contributed by atoms with Gasteiger partial charge in [-0.3, -0.25) is 4.98 Å². The van der Waals surface area contributed by atoms with Gasteiger partial charge in [0.15, 0.2) is 0 Å². The molecule has 2 aromatic rings. The van der Waals surface area contributed by atoms with Crippen LogP contribution in [0.3, 0.4) is 0 Å². The minimum absolute atomic E-state index is 0.111. The Balaban J connectivity index is 1.68. The molecule has 1 fully saturated rings. The molecule has 1 aromatic heterocycles. The van der Waals surface area contributed by atoms with Gasteiger partial charge in [-0.15, -0.1) is 0 Å². The maximum Gasteiger partial charge on any atom is 0.318 e. The standard InChI is InChI=1S/C20H25FN4O/c1-24-11-7-19(8-12-24)25(15-16-5-9-22-10-6-16)20(26)23-14-17-3-2-4-18(21)13-17/h2-6,9-10,13,19H,7-8,11-12,14-15H2,1H3,(H,23,26). The summed E-state index contributed by atoms with van der Waals surface area (Å²) < 4.78 is 13.3. The Morgan fingerprint density at radius 1 is 1.23 bits per heavy atom. The quantitative estimate of drug-likeness (QED) is 0.896. The Hall–Kier alpha value is -2.47. The Kier molecular flexibility index (Phi) is 6.17. The summed E-state index contributed by atoms with van der Waals surface area (Å²) in [5.74, 6) is -0.291. The van der Waals surface area contributed by atoms with Gasteiger partial charge < -0.3 is 15.1 Å². The maximum absolute atomic E-state index is 13.3. The van der Waals surface area contributed by atoms with Gasteiger partial charge in [-0.2, -0.15) is 0 Å². The number of amides is 2. The van der Waals surface area contributed by atoms with Gasteiger partial charge in [0.2, 0.25) is 0 Å². The van der Waals surface area contributed by atoms with Gasteiger partial charge in [-0.25, -0.2) is 9.18 Å². The third-order valence-corrected chi connectivity index (χ3v) is 4.82. The largest absolute Gasteiger partial charge is 0.334 e. The zero-order valence-corrected chi connectivity index (χ0v) is 15.1. The summed E-state index contributed by atoms with van der Waals surface area (Å²) in [7, 11) is 2.10. The van der Waals surface area contributed by atoms with Gasteiger partial charge in [0.05, 0.1) is 0 Å². The zero-order chi connectivity index (χ0) is 18.4. The molecule has 26 heavy (non-hydrogen) atoms. The number of nitrogens with one attached hydrogen (secondary N) is 1. The van der Waals surface area contributed by atoms with Crippen molar-refractivity contribution in [3.63, 3.8) is 0 Å². The van der Waals surface area contributed by atoms with Crippen LogP contribution < -0.4 is 5.32 Å². The normalized spacial score (nSPS) is 15.6. The van der Waals surface area contributed by atoms with Crippen LogP contribution in [-0.4, -0.2) is 47.0 Å². The van der Waals surface area contributed by atoms with E-state index in [0.717, 1.165) is 37.1 Å². The van der Waals surface area contributed by atoms with Crippen LogP contribution in [0.15, 0.2) is 48.8 Å². The highest BCUT2D eigenvalue weighted by molar-refractivity contribution is 5.74. The van der Waals surface area contributed by atoms with Crippen molar-refractivity contribution in [2.45, 2.75) is 32.0 Å². The molecule has 1 aromatic carbocycles. The molecule has 2 amide bonds. The summed E-state index contributed by atoms with van der Waals surface area (Å²) in [6.07, 6.45) is 5.39. The molecule has 6 heteroatoms. The fraction of sp³-hybridized carbons (Fsp3) is 0.400. The number of piperidine rings is 1. The second kappa shape index (κ2) is 8.76. The SMILES string of the molecule is CN1CCC(N(Cc2ccncc2)C(=O)NCc2cccc(F)c2)CC1. The number of benzene rings is 1. The average Bonchev–Trinajstić information content (AvgIpc) is 2.66. The lowest BCUT2D eigenvalue weighted by atomic mass is 10.0. The number of likely N-dealkylation sites (tertiary alicyclic amines) is 1. The second-order valence-electron chi connectivity index (χ2n) is 6.81. The molecular weight excluding hydrogens is 331 g/mol. The van der Waals surface area contributed by atoms with Crippen LogP contribution in [0.25, 0.3) is 0 Å². The van der Waals surface area contributed by atoms with Crippen molar-refractivity contribution in [1.29, 1.82) is 0 Å². The average molecular weight is 356 g/mol. The van der Waals surface area contributed by atoms with Crippen molar-refractivity contribution < 1.29 is 9.18 Å². The molecule has 0 unspecified atom stereocenters. The number of pyridine rings is 1. The molecule has 0 aliphatic carbocycles. The predicted molar refractivity (Wildman–Crippen MR) is 98.9 cm³/mol. The summed E-state index contributed by atoms with van der Waals surface area (Å²) in [6.45, 7) is 2.82. The van der Waals surface area contributed by atoms with Gasteiger partial charge >= 0.3 is 6.03 Å². The van der Waals surface area contributed by atoms with Crippen LogP contribution in [0, 0.1) is 5.82 Å². The van der Waals surface area contributed by atoms with E-state index in [1.54, 1.807) is 18.5 Å². The summed E-state index contributed by atoms with van der Waals surface area (Å²) >= 11 is 0. The lowest BCUT2D eigenvalue weighted by Crippen LogP contribution is -2.49. The lowest BCUT2D eigenvalue weighted by Gasteiger charge is -2.37. The van der Waals surface area contributed by atoms with Crippen LogP contribution in [-0.2, 0) is 13.1 Å². The van der Waals surface area contributed by atoms with E-state index in [9.17, 15) is 9.18 Å². The van der Waals surface area contributed by atoms with Crippen molar-refractivity contribution in [2.24, 2.45) is 0 Å². The first-order valence-electron chi connectivity index (χ1n) is 8.98. The summed E-state index contributed by atoms with van der Waals surface area (Å²) in [6, 6.07) is 10.3. The van der Waals surface area contributed by atoms with E-state index in [-0.39, 0.29) is 17.9 Å². The van der Waals surface area contributed by atoms with E-state index in [1.165, 1.54) is 12.1 Å².